The Hall–Kier alpha value is -1.56. The zero-order valence-corrected chi connectivity index (χ0v) is 9.34. The Morgan fingerprint density at radius 1 is 1.50 bits per heavy atom. The van der Waals surface area contributed by atoms with Crippen LogP contribution in [0.4, 0.5) is 10.7 Å². The zero-order chi connectivity index (χ0) is 11.5. The van der Waals surface area contributed by atoms with E-state index in [0.29, 0.717) is 19.0 Å². The van der Waals surface area contributed by atoms with Crippen LogP contribution >= 0.6 is 0 Å². The van der Waals surface area contributed by atoms with Gasteiger partial charge in [0.1, 0.15) is 0 Å². The Morgan fingerprint density at radius 2 is 2.19 bits per heavy atom. The number of ether oxygens (including phenoxy) is 1. The second kappa shape index (κ2) is 4.52. The Bertz CT molecular complexity index is 342. The van der Waals surface area contributed by atoms with Gasteiger partial charge in [-0.1, -0.05) is 5.16 Å². The molecule has 1 aromatic heterocycles. The second-order valence-electron chi connectivity index (χ2n) is 3.97. The number of morpholine rings is 1. The largest absolute Gasteiger partial charge is 0.372 e. The predicted molar refractivity (Wildman–Crippen MR) is 57.1 cm³/mol. The molecule has 0 spiro atoms. The molecule has 2 rings (SSSR count). The summed E-state index contributed by atoms with van der Waals surface area (Å²) in [7, 11) is 0. The number of anilines is 1. The molecule has 1 aliphatic heterocycles. The summed E-state index contributed by atoms with van der Waals surface area (Å²) in [6.07, 6.45) is 1.61. The molecular formula is C10H15N3O3. The summed E-state index contributed by atoms with van der Waals surface area (Å²) >= 11 is 0. The van der Waals surface area contributed by atoms with Crippen LogP contribution in [0.15, 0.2) is 16.8 Å². The molecule has 1 aromatic rings. The Morgan fingerprint density at radius 3 is 2.75 bits per heavy atom. The summed E-state index contributed by atoms with van der Waals surface area (Å²) in [5, 5.41) is 6.15. The molecule has 2 atom stereocenters. The summed E-state index contributed by atoms with van der Waals surface area (Å²) < 4.78 is 10.4. The molecule has 1 aliphatic rings. The number of amides is 2. The van der Waals surface area contributed by atoms with E-state index in [9.17, 15) is 4.79 Å². The Kier molecular flexibility index (Phi) is 3.09. The predicted octanol–water partition coefficient (Wildman–Crippen LogP) is 1.32. The highest BCUT2D eigenvalue weighted by molar-refractivity contribution is 5.87. The smallest absolute Gasteiger partial charge is 0.324 e. The van der Waals surface area contributed by atoms with Crippen LogP contribution < -0.4 is 5.32 Å². The van der Waals surface area contributed by atoms with Crippen LogP contribution in [-0.4, -0.2) is 41.4 Å². The number of nitrogens with one attached hydrogen (secondary N) is 1. The molecule has 0 bridgehead atoms. The third-order valence-corrected chi connectivity index (χ3v) is 2.37. The molecular weight excluding hydrogens is 210 g/mol. The monoisotopic (exact) mass is 225 g/mol. The molecule has 1 fully saturated rings. The highest BCUT2D eigenvalue weighted by Gasteiger charge is 2.26. The third-order valence-electron chi connectivity index (χ3n) is 2.37. The number of carbonyl (C=O) groups excluding carboxylic acids is 1. The minimum Gasteiger partial charge on any atom is -0.372 e. The second-order valence-corrected chi connectivity index (χ2v) is 3.97. The lowest BCUT2D eigenvalue weighted by Gasteiger charge is -2.34. The van der Waals surface area contributed by atoms with Gasteiger partial charge in [-0.2, -0.15) is 0 Å². The van der Waals surface area contributed by atoms with E-state index < -0.39 is 0 Å². The van der Waals surface area contributed by atoms with Crippen molar-refractivity contribution < 1.29 is 14.1 Å². The van der Waals surface area contributed by atoms with Gasteiger partial charge in [-0.25, -0.2) is 4.79 Å². The standard InChI is InChI=1S/C10H15N3O3/c1-7-5-13(6-8(2)15-7)10(14)12-9-3-4-11-16-9/h3-4,7-8H,5-6H2,1-2H3,(H,12,14). The maximum atomic E-state index is 11.8. The molecule has 2 unspecified atom stereocenters. The highest BCUT2D eigenvalue weighted by atomic mass is 16.5. The quantitative estimate of drug-likeness (QED) is 0.782. The molecule has 1 saturated heterocycles. The number of carbonyl (C=O) groups is 1. The number of hydrogen-bond acceptors (Lipinski definition) is 4. The molecule has 88 valence electrons. The van der Waals surface area contributed by atoms with Crippen molar-refractivity contribution in [3.8, 4) is 0 Å². The van der Waals surface area contributed by atoms with Gasteiger partial charge in [0.2, 0.25) is 5.88 Å². The van der Waals surface area contributed by atoms with E-state index in [1.807, 2.05) is 13.8 Å². The van der Waals surface area contributed by atoms with Crippen molar-refractivity contribution in [3.63, 3.8) is 0 Å². The molecule has 16 heavy (non-hydrogen) atoms. The average Bonchev–Trinajstić information content (AvgIpc) is 2.68. The van der Waals surface area contributed by atoms with E-state index >= 15 is 0 Å². The maximum absolute atomic E-state index is 11.8. The van der Waals surface area contributed by atoms with Crippen molar-refractivity contribution >= 4 is 11.9 Å². The van der Waals surface area contributed by atoms with E-state index in [0.717, 1.165) is 0 Å². The fourth-order valence-corrected chi connectivity index (χ4v) is 1.81. The van der Waals surface area contributed by atoms with Crippen LogP contribution in [0.5, 0.6) is 0 Å². The summed E-state index contributed by atoms with van der Waals surface area (Å²) in [5.41, 5.74) is 0. The molecule has 0 radical (unpaired) electrons. The van der Waals surface area contributed by atoms with Gasteiger partial charge in [0.05, 0.1) is 18.4 Å². The minimum atomic E-state index is -0.182. The zero-order valence-electron chi connectivity index (χ0n) is 9.34. The maximum Gasteiger partial charge on any atom is 0.324 e. The van der Waals surface area contributed by atoms with Gasteiger partial charge in [0, 0.05) is 19.2 Å². The van der Waals surface area contributed by atoms with Crippen molar-refractivity contribution in [2.45, 2.75) is 26.1 Å². The molecule has 2 amide bonds. The third kappa shape index (κ3) is 2.52. The van der Waals surface area contributed by atoms with Gasteiger partial charge >= 0.3 is 6.03 Å². The van der Waals surface area contributed by atoms with Crippen LogP contribution in [0.25, 0.3) is 0 Å². The molecule has 0 aliphatic carbocycles. The normalized spacial score (nSPS) is 25.5. The van der Waals surface area contributed by atoms with Gasteiger partial charge in [0.15, 0.2) is 0 Å². The topological polar surface area (TPSA) is 67.6 Å². The molecule has 0 aromatic carbocycles. The summed E-state index contributed by atoms with van der Waals surface area (Å²) in [6.45, 7) is 5.07. The van der Waals surface area contributed by atoms with E-state index in [1.54, 1.807) is 11.0 Å². The fourth-order valence-electron chi connectivity index (χ4n) is 1.81. The van der Waals surface area contributed by atoms with Crippen molar-refractivity contribution in [3.05, 3.63) is 12.3 Å². The van der Waals surface area contributed by atoms with Crippen LogP contribution in [0.1, 0.15) is 13.8 Å². The van der Waals surface area contributed by atoms with E-state index in [-0.39, 0.29) is 18.2 Å². The summed E-state index contributed by atoms with van der Waals surface area (Å²) in [6, 6.07) is 1.42. The van der Waals surface area contributed by atoms with Gasteiger partial charge < -0.3 is 14.2 Å². The molecule has 1 N–H and O–H groups in total. The fraction of sp³-hybridized carbons (Fsp3) is 0.600. The van der Waals surface area contributed by atoms with Gasteiger partial charge in [-0.3, -0.25) is 5.32 Å². The number of hydrogen-bond donors (Lipinski definition) is 1. The van der Waals surface area contributed by atoms with E-state index in [1.165, 1.54) is 6.20 Å². The SMILES string of the molecule is CC1CN(C(=O)Nc2ccno2)CC(C)O1. The number of aromatic nitrogens is 1. The van der Waals surface area contributed by atoms with Crippen LogP contribution in [0.2, 0.25) is 0 Å². The van der Waals surface area contributed by atoms with Crippen LogP contribution in [0, 0.1) is 0 Å². The molecule has 6 heteroatoms. The average molecular weight is 225 g/mol. The first-order valence-electron chi connectivity index (χ1n) is 5.27. The van der Waals surface area contributed by atoms with Crippen molar-refractivity contribution in [2.75, 3.05) is 18.4 Å². The van der Waals surface area contributed by atoms with Crippen LogP contribution in [0.3, 0.4) is 0 Å². The lowest BCUT2D eigenvalue weighted by molar-refractivity contribution is -0.0530. The first-order valence-corrected chi connectivity index (χ1v) is 5.27. The van der Waals surface area contributed by atoms with Gasteiger partial charge in [-0.15, -0.1) is 0 Å². The highest BCUT2D eigenvalue weighted by Crippen LogP contribution is 2.12. The Balaban J connectivity index is 1.94. The molecule has 0 saturated carbocycles. The van der Waals surface area contributed by atoms with Crippen molar-refractivity contribution in [1.29, 1.82) is 0 Å². The summed E-state index contributed by atoms with van der Waals surface area (Å²) in [5.74, 6) is 0.358. The first-order chi connectivity index (χ1) is 7.65. The van der Waals surface area contributed by atoms with Gasteiger partial charge in [0.25, 0.3) is 0 Å². The molecule has 6 nitrogen and oxygen atoms in total. The lowest BCUT2D eigenvalue weighted by atomic mass is 10.2. The first kappa shape index (κ1) is 10.9. The Labute approximate surface area is 93.5 Å². The van der Waals surface area contributed by atoms with E-state index in [2.05, 4.69) is 10.5 Å². The number of urea groups is 1. The minimum absolute atomic E-state index is 0.0595. The molecule has 2 heterocycles. The van der Waals surface area contributed by atoms with Gasteiger partial charge in [-0.05, 0) is 13.8 Å². The van der Waals surface area contributed by atoms with Crippen molar-refractivity contribution in [1.82, 2.24) is 10.1 Å². The lowest BCUT2D eigenvalue weighted by Crippen LogP contribution is -2.49. The van der Waals surface area contributed by atoms with E-state index in [4.69, 9.17) is 9.26 Å². The van der Waals surface area contributed by atoms with Crippen molar-refractivity contribution in [2.24, 2.45) is 0 Å². The number of rotatable bonds is 1. The van der Waals surface area contributed by atoms with Crippen LogP contribution in [-0.2, 0) is 4.74 Å². The number of nitrogens with zero attached hydrogens (tertiary/aromatic N) is 2. The summed E-state index contributed by atoms with van der Waals surface area (Å²) in [4.78, 5) is 13.5.